The van der Waals surface area contributed by atoms with E-state index in [9.17, 15) is 35.5 Å². The van der Waals surface area contributed by atoms with Crippen LogP contribution in [0.3, 0.4) is 0 Å². The summed E-state index contributed by atoms with van der Waals surface area (Å²) < 4.78 is 87.1. The highest BCUT2D eigenvalue weighted by Crippen LogP contribution is 2.46. The SMILES string of the molecule is CN(C)c1ccc(/C=C/C=N/NC(=O)C(F)(F)C(F)(F)C(F)(F)F)cc1. The Hall–Kier alpha value is -2.59. The van der Waals surface area contributed by atoms with Crippen molar-refractivity contribution in [3.8, 4) is 0 Å². The Bertz CT molecular complexity index is 679. The van der Waals surface area contributed by atoms with E-state index in [0.717, 1.165) is 17.3 Å². The highest BCUT2D eigenvalue weighted by molar-refractivity contribution is 5.86. The van der Waals surface area contributed by atoms with Crippen molar-refractivity contribution in [1.82, 2.24) is 5.43 Å². The van der Waals surface area contributed by atoms with Gasteiger partial charge in [-0.2, -0.15) is 35.8 Å². The van der Waals surface area contributed by atoms with Crippen LogP contribution in [-0.2, 0) is 4.79 Å². The Morgan fingerprint density at radius 2 is 1.58 bits per heavy atom. The Morgan fingerprint density at radius 1 is 1.04 bits per heavy atom. The van der Waals surface area contributed by atoms with Crippen LogP contribution < -0.4 is 10.3 Å². The molecule has 0 unspecified atom stereocenters. The second-order valence-corrected chi connectivity index (χ2v) is 5.21. The fourth-order valence-corrected chi connectivity index (χ4v) is 1.57. The van der Waals surface area contributed by atoms with Gasteiger partial charge in [0, 0.05) is 26.0 Å². The van der Waals surface area contributed by atoms with Gasteiger partial charge in [-0.15, -0.1) is 0 Å². The maximum atomic E-state index is 13.0. The lowest BCUT2D eigenvalue weighted by atomic mass is 10.1. The fourth-order valence-electron chi connectivity index (χ4n) is 1.57. The van der Waals surface area contributed by atoms with E-state index in [4.69, 9.17) is 0 Å². The van der Waals surface area contributed by atoms with Gasteiger partial charge in [-0.3, -0.25) is 4.79 Å². The van der Waals surface area contributed by atoms with Crippen LogP contribution >= 0.6 is 0 Å². The van der Waals surface area contributed by atoms with Crippen LogP contribution in [0.5, 0.6) is 0 Å². The van der Waals surface area contributed by atoms with Crippen molar-refractivity contribution in [1.29, 1.82) is 0 Å². The molecular formula is C15H14F7N3O. The zero-order chi connectivity index (χ0) is 20.2. The third-order valence-corrected chi connectivity index (χ3v) is 3.06. The summed E-state index contributed by atoms with van der Waals surface area (Å²) in [5, 5.41) is 2.89. The standard InChI is InChI=1S/C15H14F7N3O/c1-25(2)11-7-5-10(6-8-11)4-3-9-23-24-12(26)13(16,17)14(18,19)15(20,21)22/h3-9H,1-2H3,(H,24,26)/b4-3+,23-9+. The van der Waals surface area contributed by atoms with Crippen molar-refractivity contribution in [2.45, 2.75) is 18.0 Å². The van der Waals surface area contributed by atoms with Crippen LogP contribution in [0.25, 0.3) is 6.08 Å². The van der Waals surface area contributed by atoms with Crippen LogP contribution in [0.1, 0.15) is 5.56 Å². The molecule has 0 radical (unpaired) electrons. The van der Waals surface area contributed by atoms with Crippen LogP contribution in [0.15, 0.2) is 35.4 Å². The molecule has 0 spiro atoms. The predicted octanol–water partition coefficient (Wildman–Crippen LogP) is 3.70. The molecule has 1 aromatic rings. The third-order valence-electron chi connectivity index (χ3n) is 3.06. The van der Waals surface area contributed by atoms with E-state index in [1.165, 1.54) is 12.2 Å². The Labute approximate surface area is 144 Å². The zero-order valence-corrected chi connectivity index (χ0v) is 13.5. The van der Waals surface area contributed by atoms with E-state index in [1.54, 1.807) is 24.3 Å². The van der Waals surface area contributed by atoms with Gasteiger partial charge in [0.15, 0.2) is 0 Å². The van der Waals surface area contributed by atoms with Crippen molar-refractivity contribution < 1.29 is 35.5 Å². The maximum absolute atomic E-state index is 13.0. The molecule has 1 N–H and O–H groups in total. The van der Waals surface area contributed by atoms with Crippen LogP contribution in [0.2, 0.25) is 0 Å². The minimum atomic E-state index is -6.59. The second-order valence-electron chi connectivity index (χ2n) is 5.21. The number of alkyl halides is 7. The van der Waals surface area contributed by atoms with Gasteiger partial charge < -0.3 is 4.90 Å². The van der Waals surface area contributed by atoms with Crippen molar-refractivity contribution in [3.05, 3.63) is 35.9 Å². The molecule has 0 aliphatic rings. The number of amides is 1. The molecule has 0 saturated carbocycles. The molecule has 0 saturated heterocycles. The Balaban J connectivity index is 2.69. The quantitative estimate of drug-likeness (QED) is 0.461. The zero-order valence-electron chi connectivity index (χ0n) is 13.5. The van der Waals surface area contributed by atoms with E-state index in [-0.39, 0.29) is 0 Å². The summed E-state index contributed by atoms with van der Waals surface area (Å²) in [4.78, 5) is 12.8. The van der Waals surface area contributed by atoms with Gasteiger partial charge in [0.05, 0.1) is 0 Å². The van der Waals surface area contributed by atoms with Gasteiger partial charge in [0.25, 0.3) is 0 Å². The molecule has 1 aromatic carbocycles. The fraction of sp³-hybridized carbons (Fsp3) is 0.333. The molecule has 144 valence electrons. The van der Waals surface area contributed by atoms with E-state index in [2.05, 4.69) is 5.10 Å². The summed E-state index contributed by atoms with van der Waals surface area (Å²) in [6.07, 6.45) is -3.22. The molecule has 0 aliphatic carbocycles. The highest BCUT2D eigenvalue weighted by atomic mass is 19.4. The first-order chi connectivity index (χ1) is 11.8. The average Bonchev–Trinajstić information content (AvgIpc) is 2.53. The Morgan fingerprint density at radius 3 is 2.04 bits per heavy atom. The van der Waals surface area contributed by atoms with E-state index in [1.807, 2.05) is 19.0 Å². The summed E-state index contributed by atoms with van der Waals surface area (Å²) in [6.45, 7) is 0. The monoisotopic (exact) mass is 385 g/mol. The third kappa shape index (κ3) is 4.73. The van der Waals surface area contributed by atoms with Gasteiger partial charge >= 0.3 is 23.9 Å². The number of carbonyl (C=O) groups is 1. The minimum absolute atomic E-state index is 0.669. The van der Waals surface area contributed by atoms with E-state index < -0.39 is 23.9 Å². The van der Waals surface area contributed by atoms with Crippen molar-refractivity contribution >= 4 is 23.9 Å². The number of anilines is 1. The average molecular weight is 385 g/mol. The van der Waals surface area contributed by atoms with Crippen molar-refractivity contribution in [2.75, 3.05) is 19.0 Å². The minimum Gasteiger partial charge on any atom is -0.378 e. The van der Waals surface area contributed by atoms with Gasteiger partial charge in [-0.05, 0) is 23.8 Å². The predicted molar refractivity (Wildman–Crippen MR) is 82.4 cm³/mol. The number of nitrogens with one attached hydrogen (secondary N) is 1. The summed E-state index contributed by atoms with van der Waals surface area (Å²) in [7, 11) is 3.66. The van der Waals surface area contributed by atoms with Crippen molar-refractivity contribution in [3.63, 3.8) is 0 Å². The first-order valence-corrected chi connectivity index (χ1v) is 6.90. The molecule has 0 aromatic heterocycles. The van der Waals surface area contributed by atoms with Crippen molar-refractivity contribution in [2.24, 2.45) is 5.10 Å². The van der Waals surface area contributed by atoms with Gasteiger partial charge in [-0.1, -0.05) is 18.2 Å². The van der Waals surface area contributed by atoms with Crippen LogP contribution in [0.4, 0.5) is 36.4 Å². The first-order valence-electron chi connectivity index (χ1n) is 6.90. The largest absolute Gasteiger partial charge is 0.460 e. The molecule has 0 bridgehead atoms. The number of rotatable bonds is 6. The van der Waals surface area contributed by atoms with Crippen LogP contribution in [0, 0.1) is 0 Å². The number of hydrazone groups is 1. The summed E-state index contributed by atoms with van der Waals surface area (Å²) in [5.41, 5.74) is 2.54. The number of hydrogen-bond acceptors (Lipinski definition) is 3. The number of carbonyl (C=O) groups excluding carboxylic acids is 1. The Kier molecular flexibility index (Phi) is 6.39. The number of allylic oxidation sites excluding steroid dienone is 1. The number of benzene rings is 1. The molecule has 0 atom stereocenters. The lowest BCUT2D eigenvalue weighted by Gasteiger charge is -2.26. The molecule has 4 nitrogen and oxygen atoms in total. The number of halogens is 7. The molecule has 1 amide bonds. The molecule has 11 heteroatoms. The molecule has 1 rings (SSSR count). The first kappa shape index (κ1) is 21.5. The lowest BCUT2D eigenvalue weighted by molar-refractivity contribution is -0.344. The second kappa shape index (κ2) is 7.75. The molecule has 0 aliphatic heterocycles. The summed E-state index contributed by atoms with van der Waals surface area (Å²) in [5.74, 6) is -15.4. The molecular weight excluding hydrogens is 371 g/mol. The van der Waals surface area contributed by atoms with E-state index in [0.29, 0.717) is 5.56 Å². The van der Waals surface area contributed by atoms with Gasteiger partial charge in [0.1, 0.15) is 0 Å². The summed E-state index contributed by atoms with van der Waals surface area (Å²) >= 11 is 0. The highest BCUT2D eigenvalue weighted by Gasteiger charge is 2.76. The van der Waals surface area contributed by atoms with Gasteiger partial charge in [0.2, 0.25) is 0 Å². The maximum Gasteiger partial charge on any atom is 0.460 e. The molecule has 26 heavy (non-hydrogen) atoms. The van der Waals surface area contributed by atoms with E-state index >= 15 is 0 Å². The lowest BCUT2D eigenvalue weighted by Crippen LogP contribution is -2.58. The molecule has 0 heterocycles. The summed E-state index contributed by atoms with van der Waals surface area (Å²) in [6, 6.07) is 6.96. The normalized spacial score (nSPS) is 13.4. The molecule has 0 fully saturated rings. The number of hydrogen-bond donors (Lipinski definition) is 1. The number of nitrogens with zero attached hydrogens (tertiary/aromatic N) is 2. The smallest absolute Gasteiger partial charge is 0.378 e. The topological polar surface area (TPSA) is 44.7 Å². The van der Waals surface area contributed by atoms with Gasteiger partial charge in [-0.25, -0.2) is 5.43 Å². The van der Waals surface area contributed by atoms with Crippen LogP contribution in [-0.4, -0.2) is 44.2 Å².